The molecule has 0 aromatic heterocycles. The van der Waals surface area contributed by atoms with E-state index in [0.717, 1.165) is 0 Å². The lowest BCUT2D eigenvalue weighted by Gasteiger charge is -2.21. The van der Waals surface area contributed by atoms with E-state index in [-0.39, 0.29) is 20.3 Å². The van der Waals surface area contributed by atoms with Crippen LogP contribution in [0.3, 0.4) is 0 Å². The third kappa shape index (κ3) is 4.70. The molecular weight excluding hydrogens is 378 g/mol. The summed E-state index contributed by atoms with van der Waals surface area (Å²) in [7, 11) is -4.54. The van der Waals surface area contributed by atoms with Gasteiger partial charge in [0.1, 0.15) is 4.90 Å². The fraction of sp³-hybridized carbons (Fsp3) is 0.385. The standard InChI is InChI=1S/C13H16BrNO6S/c1-13(2,3)8-11(16)21-15(12(17)18)22(19,20)10-7-5-4-6-9(10)14/h4-7H,8H2,1-3H3,(H,17,18). The summed E-state index contributed by atoms with van der Waals surface area (Å²) in [5.41, 5.74) is -0.474. The Morgan fingerprint density at radius 1 is 1.27 bits per heavy atom. The first-order valence-electron chi connectivity index (χ1n) is 6.19. The maximum atomic E-state index is 12.3. The molecule has 0 spiro atoms. The Balaban J connectivity index is 3.14. The van der Waals surface area contributed by atoms with Gasteiger partial charge < -0.3 is 9.94 Å². The zero-order valence-electron chi connectivity index (χ0n) is 12.2. The van der Waals surface area contributed by atoms with Crippen LogP contribution in [0.1, 0.15) is 27.2 Å². The Kier molecular flexibility index (Phi) is 5.58. The van der Waals surface area contributed by atoms with E-state index < -0.39 is 27.5 Å². The highest BCUT2D eigenvalue weighted by molar-refractivity contribution is 9.10. The highest BCUT2D eigenvalue weighted by Gasteiger charge is 2.35. The predicted molar refractivity (Wildman–Crippen MR) is 81.4 cm³/mol. The van der Waals surface area contributed by atoms with Crippen LogP contribution in [0.5, 0.6) is 0 Å². The predicted octanol–water partition coefficient (Wildman–Crippen LogP) is 3.01. The highest BCUT2D eigenvalue weighted by atomic mass is 79.9. The molecule has 0 aliphatic heterocycles. The van der Waals surface area contributed by atoms with Crippen LogP contribution in [-0.4, -0.2) is 30.1 Å². The molecule has 0 unspecified atom stereocenters. The second-order valence-corrected chi connectivity index (χ2v) is 8.22. The van der Waals surface area contributed by atoms with Gasteiger partial charge in [-0.25, -0.2) is 9.59 Å². The second-order valence-electron chi connectivity index (χ2n) is 5.65. The van der Waals surface area contributed by atoms with Crippen molar-refractivity contribution >= 4 is 38.0 Å². The minimum Gasteiger partial charge on any atom is -0.462 e. The normalized spacial score (nSPS) is 11.8. The maximum absolute atomic E-state index is 12.3. The molecule has 22 heavy (non-hydrogen) atoms. The van der Waals surface area contributed by atoms with Gasteiger partial charge in [-0.05, 0) is 37.9 Å². The molecule has 1 rings (SSSR count). The SMILES string of the molecule is CC(C)(C)CC(=O)ON(C(=O)O)S(=O)(=O)c1ccccc1Br. The number of hydrogen-bond donors (Lipinski definition) is 1. The average Bonchev–Trinajstić information content (AvgIpc) is 2.33. The summed E-state index contributed by atoms with van der Waals surface area (Å²) in [5, 5.41) is 9.06. The van der Waals surface area contributed by atoms with E-state index in [0.29, 0.717) is 0 Å². The van der Waals surface area contributed by atoms with Gasteiger partial charge in [0.05, 0.1) is 6.42 Å². The number of carboxylic acid groups (broad SMARTS) is 1. The zero-order valence-corrected chi connectivity index (χ0v) is 14.6. The molecule has 1 N–H and O–H groups in total. The fourth-order valence-corrected chi connectivity index (χ4v) is 3.52. The number of hydrogen-bond acceptors (Lipinski definition) is 5. The van der Waals surface area contributed by atoms with Crippen LogP contribution in [0.15, 0.2) is 33.6 Å². The summed E-state index contributed by atoms with van der Waals surface area (Å²) in [5.74, 6) is -0.953. The lowest BCUT2D eigenvalue weighted by atomic mass is 9.93. The van der Waals surface area contributed by atoms with Gasteiger partial charge in [-0.3, -0.25) is 0 Å². The Hall–Kier alpha value is -1.61. The summed E-state index contributed by atoms with van der Waals surface area (Å²) in [6, 6.07) is 5.63. The van der Waals surface area contributed by atoms with Gasteiger partial charge in [-0.15, -0.1) is 0 Å². The van der Waals surface area contributed by atoms with Crippen LogP contribution >= 0.6 is 15.9 Å². The van der Waals surface area contributed by atoms with Crippen LogP contribution in [0.25, 0.3) is 0 Å². The molecule has 0 bridgehead atoms. The number of halogens is 1. The van der Waals surface area contributed by atoms with E-state index >= 15 is 0 Å². The maximum Gasteiger partial charge on any atom is 0.456 e. The minimum absolute atomic E-state index is 0.137. The van der Waals surface area contributed by atoms with Crippen molar-refractivity contribution in [3.05, 3.63) is 28.7 Å². The Morgan fingerprint density at radius 2 is 1.82 bits per heavy atom. The van der Waals surface area contributed by atoms with Gasteiger partial charge in [-0.2, -0.15) is 8.42 Å². The highest BCUT2D eigenvalue weighted by Crippen LogP contribution is 2.26. The van der Waals surface area contributed by atoms with Gasteiger partial charge in [0.15, 0.2) is 0 Å². The first-order valence-corrected chi connectivity index (χ1v) is 8.42. The first kappa shape index (κ1) is 18.4. The van der Waals surface area contributed by atoms with Crippen LogP contribution < -0.4 is 0 Å². The van der Waals surface area contributed by atoms with Crippen molar-refractivity contribution in [2.24, 2.45) is 5.41 Å². The van der Waals surface area contributed by atoms with Crippen molar-refractivity contribution in [2.75, 3.05) is 0 Å². The Morgan fingerprint density at radius 3 is 2.27 bits per heavy atom. The number of rotatable bonds is 3. The number of carbonyl (C=O) groups excluding carboxylic acids is 1. The van der Waals surface area contributed by atoms with Crippen molar-refractivity contribution in [1.82, 2.24) is 4.47 Å². The zero-order chi connectivity index (χ0) is 17.1. The summed E-state index contributed by atoms with van der Waals surface area (Å²) in [4.78, 5) is 27.1. The molecule has 1 amide bonds. The topological polar surface area (TPSA) is 101 Å². The molecule has 0 fully saturated rings. The van der Waals surface area contributed by atoms with E-state index in [1.54, 1.807) is 26.8 Å². The molecule has 1 aromatic rings. The number of carbonyl (C=O) groups is 2. The summed E-state index contributed by atoms with van der Waals surface area (Å²) in [6.45, 7) is 5.21. The van der Waals surface area contributed by atoms with E-state index in [1.165, 1.54) is 18.2 Å². The molecule has 9 heteroatoms. The Bertz CT molecular complexity index is 680. The van der Waals surface area contributed by atoms with E-state index in [9.17, 15) is 18.0 Å². The third-order valence-corrected chi connectivity index (χ3v) is 4.88. The largest absolute Gasteiger partial charge is 0.462 e. The number of amides is 1. The molecule has 122 valence electrons. The van der Waals surface area contributed by atoms with E-state index in [4.69, 9.17) is 5.11 Å². The number of benzene rings is 1. The van der Waals surface area contributed by atoms with Gasteiger partial charge >= 0.3 is 22.1 Å². The number of hydroxylamine groups is 1. The monoisotopic (exact) mass is 393 g/mol. The van der Waals surface area contributed by atoms with Gasteiger partial charge in [0.2, 0.25) is 0 Å². The second kappa shape index (κ2) is 6.66. The first-order chi connectivity index (χ1) is 9.95. The van der Waals surface area contributed by atoms with Crippen molar-refractivity contribution in [1.29, 1.82) is 0 Å². The molecule has 0 radical (unpaired) electrons. The molecule has 0 heterocycles. The third-order valence-electron chi connectivity index (χ3n) is 2.35. The molecule has 1 aromatic carbocycles. The van der Waals surface area contributed by atoms with E-state index in [2.05, 4.69) is 20.8 Å². The molecule has 0 saturated heterocycles. The molecule has 0 atom stereocenters. The van der Waals surface area contributed by atoms with E-state index in [1.807, 2.05) is 0 Å². The van der Waals surface area contributed by atoms with Gasteiger partial charge in [0, 0.05) is 4.47 Å². The van der Waals surface area contributed by atoms with Gasteiger partial charge in [0.25, 0.3) is 0 Å². The van der Waals surface area contributed by atoms with Gasteiger partial charge in [-0.1, -0.05) is 32.9 Å². The Labute approximate surface area is 137 Å². The van der Waals surface area contributed by atoms with Crippen molar-refractivity contribution in [3.8, 4) is 0 Å². The van der Waals surface area contributed by atoms with Crippen LogP contribution in [0, 0.1) is 5.41 Å². The lowest BCUT2D eigenvalue weighted by molar-refractivity contribution is -0.166. The number of sulfonamides is 1. The van der Waals surface area contributed by atoms with Crippen molar-refractivity contribution in [3.63, 3.8) is 0 Å². The smallest absolute Gasteiger partial charge is 0.456 e. The van der Waals surface area contributed by atoms with Crippen LogP contribution in [0.2, 0.25) is 0 Å². The summed E-state index contributed by atoms with van der Waals surface area (Å²) < 4.78 is 24.5. The number of nitrogens with zero attached hydrogens (tertiary/aromatic N) is 1. The molecule has 0 aliphatic carbocycles. The molecule has 0 saturated carbocycles. The average molecular weight is 394 g/mol. The van der Waals surface area contributed by atoms with Crippen LogP contribution in [-0.2, 0) is 19.7 Å². The summed E-state index contributed by atoms with van der Waals surface area (Å²) >= 11 is 3.03. The van der Waals surface area contributed by atoms with Crippen molar-refractivity contribution in [2.45, 2.75) is 32.1 Å². The molecular formula is C13H16BrNO6S. The fourth-order valence-electron chi connectivity index (χ4n) is 1.49. The quantitative estimate of drug-likeness (QED) is 0.791. The van der Waals surface area contributed by atoms with Crippen molar-refractivity contribution < 1.29 is 28.0 Å². The molecule has 0 aliphatic rings. The minimum atomic E-state index is -4.54. The molecule has 7 nitrogen and oxygen atoms in total. The lowest BCUT2D eigenvalue weighted by Crippen LogP contribution is -2.38. The van der Waals surface area contributed by atoms with Crippen LogP contribution in [0.4, 0.5) is 4.79 Å². The summed E-state index contributed by atoms with van der Waals surface area (Å²) in [6.07, 6.45) is -2.04.